The highest BCUT2D eigenvalue weighted by molar-refractivity contribution is 5.73. The Balaban J connectivity index is 2.28. The zero-order valence-corrected chi connectivity index (χ0v) is 14.4. The minimum absolute atomic E-state index is 0.0372. The normalized spacial score (nSPS) is 12.4. The Morgan fingerprint density at radius 1 is 1.20 bits per heavy atom. The summed E-state index contributed by atoms with van der Waals surface area (Å²) in [6.07, 6.45) is -1.10. The predicted octanol–water partition coefficient (Wildman–Crippen LogP) is 3.97. The van der Waals surface area contributed by atoms with Gasteiger partial charge in [0, 0.05) is 18.6 Å². The van der Waals surface area contributed by atoms with E-state index in [-0.39, 0.29) is 17.5 Å². The molecule has 0 fully saturated rings. The fraction of sp³-hybridized carbons (Fsp3) is 0.316. The average Bonchev–Trinajstić information content (AvgIpc) is 2.54. The molecule has 0 radical (unpaired) electrons. The van der Waals surface area contributed by atoms with Gasteiger partial charge in [0.05, 0.1) is 4.92 Å². The van der Waals surface area contributed by atoms with Gasteiger partial charge in [0.2, 0.25) is 0 Å². The number of carboxylic acid groups (broad SMARTS) is 1. The van der Waals surface area contributed by atoms with Crippen LogP contribution in [-0.2, 0) is 16.6 Å². The molecule has 0 bridgehead atoms. The van der Waals surface area contributed by atoms with Crippen LogP contribution in [0.1, 0.15) is 31.9 Å². The topological polar surface area (TPSA) is 89.7 Å². The van der Waals surface area contributed by atoms with E-state index in [1.165, 1.54) is 18.2 Å². The number of ether oxygens (including phenoxy) is 1. The van der Waals surface area contributed by atoms with Gasteiger partial charge in [-0.05, 0) is 22.6 Å². The van der Waals surface area contributed by atoms with Gasteiger partial charge in [-0.1, -0.05) is 51.1 Å². The maximum Gasteiger partial charge on any atom is 0.345 e. The summed E-state index contributed by atoms with van der Waals surface area (Å²) < 4.78 is 5.77. The standard InChI is InChI=1S/C19H21NO5/c1-19(2,3)15-9-4-5-10-16(15)25-17(18(21)22)12-13-7-6-8-14(11-13)20(23)24/h4-11,17H,12H2,1-3H3,(H,21,22). The number of non-ortho nitro benzene ring substituents is 1. The second-order valence-electron chi connectivity index (χ2n) is 6.82. The van der Waals surface area contributed by atoms with Gasteiger partial charge in [-0.3, -0.25) is 10.1 Å². The molecule has 0 heterocycles. The first-order chi connectivity index (χ1) is 11.7. The first-order valence-electron chi connectivity index (χ1n) is 7.91. The van der Waals surface area contributed by atoms with E-state index in [4.69, 9.17) is 4.74 Å². The predicted molar refractivity (Wildman–Crippen MR) is 94.0 cm³/mol. The highest BCUT2D eigenvalue weighted by Gasteiger charge is 2.25. The molecule has 0 amide bonds. The van der Waals surface area contributed by atoms with Crippen LogP contribution in [0.25, 0.3) is 0 Å². The second kappa shape index (κ2) is 7.34. The van der Waals surface area contributed by atoms with Gasteiger partial charge in [-0.2, -0.15) is 0 Å². The van der Waals surface area contributed by atoms with Crippen molar-refractivity contribution in [3.63, 3.8) is 0 Å². The van der Waals surface area contributed by atoms with Crippen molar-refractivity contribution in [2.45, 2.75) is 38.7 Å². The number of para-hydroxylation sites is 1. The zero-order chi connectivity index (χ0) is 18.6. The van der Waals surface area contributed by atoms with Gasteiger partial charge in [-0.25, -0.2) is 4.79 Å². The highest BCUT2D eigenvalue weighted by Crippen LogP contribution is 2.32. The molecule has 25 heavy (non-hydrogen) atoms. The van der Waals surface area contributed by atoms with Gasteiger partial charge in [0.1, 0.15) is 5.75 Å². The Bertz CT molecular complexity index is 779. The molecule has 1 atom stereocenters. The van der Waals surface area contributed by atoms with E-state index in [1.807, 2.05) is 32.9 Å². The van der Waals surface area contributed by atoms with Gasteiger partial charge < -0.3 is 9.84 Å². The lowest BCUT2D eigenvalue weighted by Crippen LogP contribution is -2.30. The summed E-state index contributed by atoms with van der Waals surface area (Å²) in [5, 5.41) is 20.4. The SMILES string of the molecule is CC(C)(C)c1ccccc1OC(Cc1cccc([N+](=O)[O-])c1)C(=O)O. The molecule has 0 aromatic heterocycles. The number of nitro groups is 1. The van der Waals surface area contributed by atoms with Gasteiger partial charge in [-0.15, -0.1) is 0 Å². The summed E-state index contributed by atoms with van der Waals surface area (Å²) in [5.74, 6) is -0.608. The van der Waals surface area contributed by atoms with Crippen LogP contribution in [0.15, 0.2) is 48.5 Å². The maximum absolute atomic E-state index is 11.6. The molecule has 0 saturated carbocycles. The third kappa shape index (κ3) is 4.79. The quantitative estimate of drug-likeness (QED) is 0.633. The molecule has 0 aliphatic rings. The van der Waals surface area contributed by atoms with Crippen molar-refractivity contribution >= 4 is 11.7 Å². The molecular formula is C19H21NO5. The van der Waals surface area contributed by atoms with E-state index >= 15 is 0 Å². The first kappa shape index (κ1) is 18.4. The molecule has 6 heteroatoms. The fourth-order valence-corrected chi connectivity index (χ4v) is 2.53. The van der Waals surface area contributed by atoms with Crippen molar-refractivity contribution in [3.05, 3.63) is 69.8 Å². The molecule has 132 valence electrons. The van der Waals surface area contributed by atoms with Crippen LogP contribution in [0.3, 0.4) is 0 Å². The van der Waals surface area contributed by atoms with E-state index in [9.17, 15) is 20.0 Å². The number of nitrogens with zero attached hydrogens (tertiary/aromatic N) is 1. The molecule has 2 rings (SSSR count). The Hall–Kier alpha value is -2.89. The van der Waals surface area contributed by atoms with E-state index < -0.39 is 17.0 Å². The van der Waals surface area contributed by atoms with Crippen LogP contribution in [0.4, 0.5) is 5.69 Å². The number of nitro benzene ring substituents is 1. The number of benzene rings is 2. The van der Waals surface area contributed by atoms with E-state index in [2.05, 4.69) is 0 Å². The molecule has 2 aromatic carbocycles. The summed E-state index contributed by atoms with van der Waals surface area (Å²) >= 11 is 0. The Morgan fingerprint density at radius 2 is 1.88 bits per heavy atom. The van der Waals surface area contributed by atoms with Crippen molar-refractivity contribution in [1.82, 2.24) is 0 Å². The number of rotatable bonds is 6. The monoisotopic (exact) mass is 343 g/mol. The molecule has 6 nitrogen and oxygen atoms in total. The molecule has 0 spiro atoms. The second-order valence-corrected chi connectivity index (χ2v) is 6.82. The summed E-state index contributed by atoms with van der Waals surface area (Å²) in [6, 6.07) is 13.2. The minimum atomic E-state index is -1.13. The smallest absolute Gasteiger partial charge is 0.345 e. The van der Waals surface area contributed by atoms with Crippen LogP contribution in [0.5, 0.6) is 5.75 Å². The van der Waals surface area contributed by atoms with Gasteiger partial charge in [0.15, 0.2) is 6.10 Å². The van der Waals surface area contributed by atoms with Crippen LogP contribution in [0.2, 0.25) is 0 Å². The third-order valence-electron chi connectivity index (χ3n) is 3.78. The van der Waals surface area contributed by atoms with Crippen molar-refractivity contribution in [2.75, 3.05) is 0 Å². The summed E-state index contributed by atoms with van der Waals surface area (Å²) in [4.78, 5) is 22.0. The Kier molecular flexibility index (Phi) is 5.41. The van der Waals surface area contributed by atoms with E-state index in [0.717, 1.165) is 5.56 Å². The maximum atomic E-state index is 11.6. The number of hydrogen-bond donors (Lipinski definition) is 1. The van der Waals surface area contributed by atoms with Crippen molar-refractivity contribution in [1.29, 1.82) is 0 Å². The van der Waals surface area contributed by atoms with Crippen LogP contribution in [0, 0.1) is 10.1 Å². The molecular weight excluding hydrogens is 322 g/mol. The largest absolute Gasteiger partial charge is 0.478 e. The molecule has 1 unspecified atom stereocenters. The molecule has 0 saturated heterocycles. The lowest BCUT2D eigenvalue weighted by atomic mass is 9.86. The van der Waals surface area contributed by atoms with Gasteiger partial charge in [0.25, 0.3) is 5.69 Å². The van der Waals surface area contributed by atoms with Crippen LogP contribution < -0.4 is 4.74 Å². The lowest BCUT2D eigenvalue weighted by molar-refractivity contribution is -0.384. The Labute approximate surface area is 146 Å². The molecule has 1 N–H and O–H groups in total. The lowest BCUT2D eigenvalue weighted by Gasteiger charge is -2.24. The zero-order valence-electron chi connectivity index (χ0n) is 14.4. The molecule has 2 aromatic rings. The van der Waals surface area contributed by atoms with E-state index in [1.54, 1.807) is 18.2 Å². The number of carboxylic acids is 1. The number of carbonyl (C=O) groups is 1. The highest BCUT2D eigenvalue weighted by atomic mass is 16.6. The van der Waals surface area contributed by atoms with E-state index in [0.29, 0.717) is 11.3 Å². The number of aliphatic carboxylic acids is 1. The molecule has 0 aliphatic carbocycles. The van der Waals surface area contributed by atoms with Crippen molar-refractivity contribution in [2.24, 2.45) is 0 Å². The fourth-order valence-electron chi connectivity index (χ4n) is 2.53. The first-order valence-corrected chi connectivity index (χ1v) is 7.91. The average molecular weight is 343 g/mol. The summed E-state index contributed by atoms with van der Waals surface area (Å²) in [6.45, 7) is 6.06. The van der Waals surface area contributed by atoms with Gasteiger partial charge >= 0.3 is 5.97 Å². The number of hydrogen-bond acceptors (Lipinski definition) is 4. The Morgan fingerprint density at radius 3 is 2.48 bits per heavy atom. The third-order valence-corrected chi connectivity index (χ3v) is 3.78. The summed E-state index contributed by atoms with van der Waals surface area (Å²) in [5.41, 5.74) is 1.16. The van der Waals surface area contributed by atoms with Crippen LogP contribution >= 0.6 is 0 Å². The van der Waals surface area contributed by atoms with Crippen molar-refractivity contribution < 1.29 is 19.6 Å². The minimum Gasteiger partial charge on any atom is -0.478 e. The van der Waals surface area contributed by atoms with Crippen LogP contribution in [-0.4, -0.2) is 22.1 Å². The molecule has 0 aliphatic heterocycles. The van der Waals surface area contributed by atoms with Crippen molar-refractivity contribution in [3.8, 4) is 5.75 Å². The summed E-state index contributed by atoms with van der Waals surface area (Å²) in [7, 11) is 0.